The number of rotatable bonds is 6. The number of aromatic nitrogens is 1. The number of hydrogen-bond donors (Lipinski definition) is 3. The number of piperidine rings is 2. The molecular formula is C28H37N7O2. The first-order chi connectivity index (χ1) is 17.9. The van der Waals surface area contributed by atoms with Gasteiger partial charge in [0, 0.05) is 37.6 Å². The first-order valence-electron chi connectivity index (χ1n) is 13.0. The van der Waals surface area contributed by atoms with Gasteiger partial charge in [0.15, 0.2) is 0 Å². The number of nitrogens with zero attached hydrogens (tertiary/aromatic N) is 4. The van der Waals surface area contributed by atoms with Crippen LogP contribution < -0.4 is 21.9 Å². The van der Waals surface area contributed by atoms with Crippen LogP contribution in [-0.4, -0.2) is 54.0 Å². The van der Waals surface area contributed by atoms with Crippen molar-refractivity contribution < 1.29 is 4.79 Å². The van der Waals surface area contributed by atoms with E-state index in [2.05, 4.69) is 21.8 Å². The van der Waals surface area contributed by atoms with E-state index in [1.54, 1.807) is 12.4 Å². The van der Waals surface area contributed by atoms with Crippen molar-refractivity contribution in [1.29, 1.82) is 0 Å². The molecule has 0 saturated carbocycles. The van der Waals surface area contributed by atoms with Crippen LogP contribution in [0.25, 0.3) is 0 Å². The van der Waals surface area contributed by atoms with Gasteiger partial charge in [0.25, 0.3) is 5.56 Å². The van der Waals surface area contributed by atoms with Crippen molar-refractivity contribution in [3.63, 3.8) is 0 Å². The standard InChI is InChI=1S/C28H37N7O2/c1-3-20-8-11-34(12-9-20)26(36)14-21-4-6-23(7-5-21)33-24-17-35(13-10-22(24)15-31-18-29)25-16-32-28(37)27(30)19(25)2/h4-7,15-16,18,20H,3,8-14,17,30H2,1-2H3,(H2,29,31)(H,32,37)/b22-15-,33-24?. The second kappa shape index (κ2) is 11.9. The van der Waals surface area contributed by atoms with E-state index in [0.29, 0.717) is 13.0 Å². The molecule has 0 aliphatic carbocycles. The number of aromatic amines is 1. The Balaban J connectivity index is 1.49. The number of H-pyrrole nitrogens is 1. The monoisotopic (exact) mass is 503 g/mol. The summed E-state index contributed by atoms with van der Waals surface area (Å²) in [6.45, 7) is 7.07. The average molecular weight is 504 g/mol. The summed E-state index contributed by atoms with van der Waals surface area (Å²) in [4.78, 5) is 40.6. The number of amides is 1. The highest BCUT2D eigenvalue weighted by molar-refractivity contribution is 6.05. The summed E-state index contributed by atoms with van der Waals surface area (Å²) in [5.74, 6) is 0.940. The number of aliphatic imine (C=N–C) groups is 2. The van der Waals surface area contributed by atoms with Gasteiger partial charge in [-0.15, -0.1) is 0 Å². The summed E-state index contributed by atoms with van der Waals surface area (Å²) >= 11 is 0. The number of carbonyl (C=O) groups is 1. The molecule has 3 heterocycles. The van der Waals surface area contributed by atoms with Gasteiger partial charge in [0.05, 0.1) is 36.4 Å². The number of anilines is 2. The van der Waals surface area contributed by atoms with Crippen molar-refractivity contribution in [2.75, 3.05) is 36.8 Å². The molecule has 5 N–H and O–H groups in total. The maximum Gasteiger partial charge on any atom is 0.271 e. The maximum atomic E-state index is 12.8. The van der Waals surface area contributed by atoms with Crippen LogP contribution in [0.4, 0.5) is 17.1 Å². The van der Waals surface area contributed by atoms with Gasteiger partial charge < -0.3 is 26.3 Å². The smallest absolute Gasteiger partial charge is 0.271 e. The lowest BCUT2D eigenvalue weighted by molar-refractivity contribution is -0.131. The molecule has 2 fully saturated rings. The fourth-order valence-corrected chi connectivity index (χ4v) is 5.02. The molecule has 1 amide bonds. The van der Waals surface area contributed by atoms with E-state index in [1.807, 2.05) is 36.1 Å². The van der Waals surface area contributed by atoms with Crippen molar-refractivity contribution >= 4 is 35.0 Å². The first kappa shape index (κ1) is 26.2. The van der Waals surface area contributed by atoms with Crippen LogP contribution in [0, 0.1) is 12.8 Å². The number of carbonyl (C=O) groups excluding carboxylic acids is 1. The van der Waals surface area contributed by atoms with Gasteiger partial charge in [-0.1, -0.05) is 25.5 Å². The van der Waals surface area contributed by atoms with Crippen LogP contribution in [0.5, 0.6) is 0 Å². The van der Waals surface area contributed by atoms with Gasteiger partial charge in [0.2, 0.25) is 5.91 Å². The summed E-state index contributed by atoms with van der Waals surface area (Å²) < 4.78 is 0. The number of likely N-dealkylation sites (tertiary alicyclic amines) is 1. The minimum atomic E-state index is -0.283. The van der Waals surface area contributed by atoms with E-state index in [-0.39, 0.29) is 17.2 Å². The van der Waals surface area contributed by atoms with Crippen molar-refractivity contribution in [2.45, 2.75) is 46.0 Å². The first-order valence-corrected chi connectivity index (χ1v) is 13.0. The van der Waals surface area contributed by atoms with Gasteiger partial charge in [-0.2, -0.15) is 0 Å². The Labute approximate surface area is 218 Å². The van der Waals surface area contributed by atoms with Crippen molar-refractivity contribution in [2.24, 2.45) is 21.6 Å². The van der Waals surface area contributed by atoms with Crippen LogP contribution in [-0.2, 0) is 11.2 Å². The Hall–Kier alpha value is -3.88. The number of nitrogens with two attached hydrogens (primary N) is 2. The predicted octanol–water partition coefficient (Wildman–Crippen LogP) is 3.31. The molecule has 196 valence electrons. The Morgan fingerprint density at radius 3 is 2.59 bits per heavy atom. The Morgan fingerprint density at radius 2 is 1.92 bits per heavy atom. The molecule has 4 rings (SSSR count). The van der Waals surface area contributed by atoms with Crippen LogP contribution in [0.3, 0.4) is 0 Å². The predicted molar refractivity (Wildman–Crippen MR) is 151 cm³/mol. The highest BCUT2D eigenvalue weighted by atomic mass is 16.2. The normalized spacial score (nSPS) is 19.3. The van der Waals surface area contributed by atoms with E-state index in [1.165, 1.54) is 12.8 Å². The molecular weight excluding hydrogens is 466 g/mol. The van der Waals surface area contributed by atoms with Gasteiger partial charge in [-0.05, 0) is 55.4 Å². The van der Waals surface area contributed by atoms with E-state index in [9.17, 15) is 9.59 Å². The largest absolute Gasteiger partial charge is 0.394 e. The topological polar surface area (TPSA) is 133 Å². The van der Waals surface area contributed by atoms with Crippen molar-refractivity contribution in [3.05, 3.63) is 63.7 Å². The third-order valence-corrected chi connectivity index (χ3v) is 7.49. The molecule has 2 aliphatic rings. The highest BCUT2D eigenvalue weighted by Gasteiger charge is 2.24. The van der Waals surface area contributed by atoms with E-state index in [4.69, 9.17) is 16.5 Å². The zero-order valence-electron chi connectivity index (χ0n) is 21.7. The molecule has 0 atom stereocenters. The Morgan fingerprint density at radius 1 is 1.19 bits per heavy atom. The van der Waals surface area contributed by atoms with Gasteiger partial charge in [0.1, 0.15) is 5.69 Å². The summed E-state index contributed by atoms with van der Waals surface area (Å²) in [7, 11) is 0. The van der Waals surface area contributed by atoms with Crippen LogP contribution in [0.1, 0.15) is 43.7 Å². The SMILES string of the molecule is CCC1CCN(C(=O)Cc2ccc(N=C3CN(c4c[nH]c(=O)c(N)c4C)CC/C3=C/N=CN)cc2)CC1. The number of nitrogens with one attached hydrogen (secondary N) is 1. The molecule has 1 aromatic heterocycles. The molecule has 2 aromatic rings. The third-order valence-electron chi connectivity index (χ3n) is 7.49. The van der Waals surface area contributed by atoms with Crippen LogP contribution >= 0.6 is 0 Å². The molecule has 2 aliphatic heterocycles. The average Bonchev–Trinajstić information content (AvgIpc) is 2.92. The molecule has 37 heavy (non-hydrogen) atoms. The molecule has 0 unspecified atom stereocenters. The summed E-state index contributed by atoms with van der Waals surface area (Å²) in [6.07, 6.45) is 9.24. The Kier molecular flexibility index (Phi) is 8.43. The fraction of sp³-hybridized carbons (Fsp3) is 0.429. The summed E-state index contributed by atoms with van der Waals surface area (Å²) in [5, 5.41) is 0. The second-order valence-electron chi connectivity index (χ2n) is 9.80. The van der Waals surface area contributed by atoms with Gasteiger partial charge >= 0.3 is 0 Å². The van der Waals surface area contributed by atoms with Crippen LogP contribution in [0.15, 0.2) is 57.0 Å². The molecule has 0 spiro atoms. The number of benzene rings is 1. The fourth-order valence-electron chi connectivity index (χ4n) is 5.02. The maximum absolute atomic E-state index is 12.8. The van der Waals surface area contributed by atoms with Gasteiger partial charge in [-0.25, -0.2) is 4.99 Å². The minimum Gasteiger partial charge on any atom is -0.394 e. The van der Waals surface area contributed by atoms with E-state index >= 15 is 0 Å². The lowest BCUT2D eigenvalue weighted by Crippen LogP contribution is -2.39. The minimum absolute atomic E-state index is 0.192. The molecule has 0 bridgehead atoms. The van der Waals surface area contributed by atoms with Crippen LogP contribution in [0.2, 0.25) is 0 Å². The van der Waals surface area contributed by atoms with E-state index < -0.39 is 0 Å². The Bertz CT molecular complexity index is 1250. The van der Waals surface area contributed by atoms with E-state index in [0.717, 1.165) is 78.6 Å². The summed E-state index contributed by atoms with van der Waals surface area (Å²) in [5.41, 5.74) is 16.7. The third kappa shape index (κ3) is 6.28. The number of pyridine rings is 1. The highest BCUT2D eigenvalue weighted by Crippen LogP contribution is 2.27. The zero-order chi connectivity index (χ0) is 26.4. The quantitative estimate of drug-likeness (QED) is 0.411. The van der Waals surface area contributed by atoms with Gasteiger partial charge in [-0.3, -0.25) is 14.6 Å². The molecule has 1 aromatic carbocycles. The molecule has 9 heteroatoms. The lowest BCUT2D eigenvalue weighted by Gasteiger charge is -2.32. The summed E-state index contributed by atoms with van der Waals surface area (Å²) in [6, 6.07) is 7.85. The molecule has 9 nitrogen and oxygen atoms in total. The molecule has 0 radical (unpaired) electrons. The number of nitrogen functional groups attached to an aromatic ring is 1. The lowest BCUT2D eigenvalue weighted by atomic mass is 9.94. The van der Waals surface area contributed by atoms with Crippen molar-refractivity contribution in [1.82, 2.24) is 9.88 Å². The second-order valence-corrected chi connectivity index (χ2v) is 9.80. The molecule has 2 saturated heterocycles. The van der Waals surface area contributed by atoms with Crippen molar-refractivity contribution in [3.8, 4) is 0 Å². The number of hydrogen-bond acceptors (Lipinski definition) is 6. The zero-order valence-corrected chi connectivity index (χ0v) is 21.7.